The van der Waals surface area contributed by atoms with Gasteiger partial charge < -0.3 is 10.1 Å². The van der Waals surface area contributed by atoms with Crippen molar-refractivity contribution in [3.05, 3.63) is 59.8 Å². The van der Waals surface area contributed by atoms with E-state index in [0.29, 0.717) is 16.5 Å². The summed E-state index contributed by atoms with van der Waals surface area (Å²) in [7, 11) is 1.64. The van der Waals surface area contributed by atoms with E-state index in [0.717, 1.165) is 32.3 Å². The molecule has 0 atom stereocenters. The Bertz CT molecular complexity index is 1170. The van der Waals surface area contributed by atoms with Gasteiger partial charge in [0.05, 0.1) is 23.0 Å². The number of carbonyl (C=O) groups is 1. The molecule has 2 heterocycles. The summed E-state index contributed by atoms with van der Waals surface area (Å²) in [6.07, 6.45) is 0. The topological polar surface area (TPSA) is 69.0 Å². The SMILES string of the molecule is CCSc1ccc(C(=O)Nc2cc(C)nn2-c2nc3ccc(OC)cc3s2)cc1. The molecule has 0 saturated carbocycles. The Morgan fingerprint density at radius 1 is 1.21 bits per heavy atom. The third-order valence-electron chi connectivity index (χ3n) is 4.27. The standard InChI is InChI=1S/C21H20N4O2S2/c1-4-28-16-8-5-14(6-9-16)20(26)23-19-11-13(2)24-25(19)21-22-17-10-7-15(27-3)12-18(17)29-21/h5-12H,4H2,1-3H3,(H,23,26). The van der Waals surface area contributed by atoms with Crippen LogP contribution in [0.25, 0.3) is 15.3 Å². The van der Waals surface area contributed by atoms with Gasteiger partial charge in [-0.1, -0.05) is 18.3 Å². The first-order valence-electron chi connectivity index (χ1n) is 9.13. The fourth-order valence-corrected chi connectivity index (χ4v) is 4.52. The summed E-state index contributed by atoms with van der Waals surface area (Å²) in [5.74, 6) is 2.19. The van der Waals surface area contributed by atoms with Crippen molar-refractivity contribution in [2.45, 2.75) is 18.7 Å². The largest absolute Gasteiger partial charge is 0.497 e. The average molecular weight is 425 g/mol. The Balaban J connectivity index is 1.62. The molecule has 0 fully saturated rings. The van der Waals surface area contributed by atoms with Crippen LogP contribution in [0.4, 0.5) is 5.82 Å². The van der Waals surface area contributed by atoms with E-state index in [4.69, 9.17) is 4.74 Å². The Morgan fingerprint density at radius 2 is 2.00 bits per heavy atom. The number of fused-ring (bicyclic) bond motifs is 1. The number of anilines is 1. The number of aromatic nitrogens is 3. The van der Waals surface area contributed by atoms with Crippen LogP contribution in [-0.2, 0) is 0 Å². The second-order valence-corrected chi connectivity index (χ2v) is 8.67. The first-order chi connectivity index (χ1) is 14.1. The van der Waals surface area contributed by atoms with Crippen molar-refractivity contribution in [1.82, 2.24) is 14.8 Å². The highest BCUT2D eigenvalue weighted by Crippen LogP contribution is 2.30. The Hall–Kier alpha value is -2.84. The van der Waals surface area contributed by atoms with Crippen LogP contribution < -0.4 is 10.1 Å². The molecule has 4 rings (SSSR count). The third kappa shape index (κ3) is 4.13. The van der Waals surface area contributed by atoms with Crippen molar-refractivity contribution in [3.63, 3.8) is 0 Å². The molecule has 2 aromatic carbocycles. The lowest BCUT2D eigenvalue weighted by atomic mass is 10.2. The molecule has 2 aromatic heterocycles. The van der Waals surface area contributed by atoms with E-state index in [1.54, 1.807) is 23.6 Å². The normalized spacial score (nSPS) is 11.0. The minimum absolute atomic E-state index is 0.179. The molecule has 0 spiro atoms. The predicted molar refractivity (Wildman–Crippen MR) is 119 cm³/mol. The van der Waals surface area contributed by atoms with Gasteiger partial charge in [0.15, 0.2) is 0 Å². The smallest absolute Gasteiger partial charge is 0.256 e. The van der Waals surface area contributed by atoms with Crippen LogP contribution in [0.2, 0.25) is 0 Å². The van der Waals surface area contributed by atoms with Gasteiger partial charge in [-0.05, 0) is 55.1 Å². The number of nitrogens with one attached hydrogen (secondary N) is 1. The lowest BCUT2D eigenvalue weighted by molar-refractivity contribution is 0.102. The maximum Gasteiger partial charge on any atom is 0.256 e. The summed E-state index contributed by atoms with van der Waals surface area (Å²) >= 11 is 3.24. The maximum absolute atomic E-state index is 12.7. The molecule has 148 valence electrons. The number of hydrogen-bond donors (Lipinski definition) is 1. The van der Waals surface area contributed by atoms with Gasteiger partial charge in [0.2, 0.25) is 5.13 Å². The molecule has 1 amide bonds. The maximum atomic E-state index is 12.7. The monoisotopic (exact) mass is 424 g/mol. The molecule has 4 aromatic rings. The van der Waals surface area contributed by atoms with Gasteiger partial charge in [0.1, 0.15) is 11.6 Å². The highest BCUT2D eigenvalue weighted by molar-refractivity contribution is 7.99. The number of thiazole rings is 1. The first kappa shape index (κ1) is 19.5. The van der Waals surface area contributed by atoms with Crippen LogP contribution >= 0.6 is 23.1 Å². The molecular weight excluding hydrogens is 404 g/mol. The van der Waals surface area contributed by atoms with Crippen LogP contribution in [0.15, 0.2) is 53.4 Å². The number of nitrogens with zero attached hydrogens (tertiary/aromatic N) is 3. The van der Waals surface area contributed by atoms with E-state index >= 15 is 0 Å². The van der Waals surface area contributed by atoms with Gasteiger partial charge in [-0.25, -0.2) is 4.98 Å². The molecule has 0 aliphatic rings. The molecule has 0 bridgehead atoms. The molecule has 0 unspecified atom stereocenters. The fourth-order valence-electron chi connectivity index (χ4n) is 2.90. The Labute approximate surface area is 176 Å². The van der Waals surface area contributed by atoms with Crippen LogP contribution in [0, 0.1) is 6.92 Å². The molecule has 0 aliphatic heterocycles. The van der Waals surface area contributed by atoms with Crippen molar-refractivity contribution in [2.24, 2.45) is 0 Å². The Kier molecular flexibility index (Phi) is 5.55. The third-order valence-corrected chi connectivity index (χ3v) is 6.15. The summed E-state index contributed by atoms with van der Waals surface area (Å²) in [4.78, 5) is 18.5. The number of benzene rings is 2. The number of hydrogen-bond acceptors (Lipinski definition) is 6. The summed E-state index contributed by atoms with van der Waals surface area (Å²) in [5, 5.41) is 8.17. The van der Waals surface area contributed by atoms with E-state index in [-0.39, 0.29) is 5.91 Å². The van der Waals surface area contributed by atoms with Crippen molar-refractivity contribution in [3.8, 4) is 10.9 Å². The zero-order chi connectivity index (χ0) is 20.4. The summed E-state index contributed by atoms with van der Waals surface area (Å²) in [6.45, 7) is 3.99. The molecule has 6 nitrogen and oxygen atoms in total. The summed E-state index contributed by atoms with van der Waals surface area (Å²) in [6, 6.07) is 15.2. The summed E-state index contributed by atoms with van der Waals surface area (Å²) in [5.41, 5.74) is 2.26. The van der Waals surface area contributed by atoms with Gasteiger partial charge >= 0.3 is 0 Å². The molecule has 1 N–H and O–H groups in total. The molecular formula is C21H20N4O2S2. The fraction of sp³-hybridized carbons (Fsp3) is 0.190. The molecule has 0 aliphatic carbocycles. The number of methoxy groups -OCH3 is 1. The van der Waals surface area contributed by atoms with Crippen molar-refractivity contribution in [2.75, 3.05) is 18.2 Å². The van der Waals surface area contributed by atoms with Crippen LogP contribution in [0.3, 0.4) is 0 Å². The highest BCUT2D eigenvalue weighted by Gasteiger charge is 2.16. The first-order valence-corrected chi connectivity index (χ1v) is 10.9. The minimum atomic E-state index is -0.179. The minimum Gasteiger partial charge on any atom is -0.497 e. The van der Waals surface area contributed by atoms with Gasteiger partial charge in [0, 0.05) is 16.5 Å². The van der Waals surface area contributed by atoms with E-state index < -0.39 is 0 Å². The number of thioether (sulfide) groups is 1. The van der Waals surface area contributed by atoms with E-state index in [1.807, 2.05) is 55.5 Å². The average Bonchev–Trinajstić information content (AvgIpc) is 3.30. The van der Waals surface area contributed by atoms with Crippen molar-refractivity contribution in [1.29, 1.82) is 0 Å². The summed E-state index contributed by atoms with van der Waals surface area (Å²) < 4.78 is 7.95. The van der Waals surface area contributed by atoms with Gasteiger partial charge in [-0.15, -0.1) is 11.8 Å². The van der Waals surface area contributed by atoms with Crippen molar-refractivity contribution < 1.29 is 9.53 Å². The Morgan fingerprint density at radius 3 is 2.72 bits per heavy atom. The second-order valence-electron chi connectivity index (χ2n) is 6.32. The quantitative estimate of drug-likeness (QED) is 0.433. The number of ether oxygens (including phenoxy) is 1. The van der Waals surface area contributed by atoms with Gasteiger partial charge in [-0.3, -0.25) is 4.79 Å². The number of rotatable bonds is 6. The molecule has 0 radical (unpaired) electrons. The number of carbonyl (C=O) groups excluding carboxylic acids is 1. The number of amides is 1. The molecule has 8 heteroatoms. The van der Waals surface area contributed by atoms with Crippen LogP contribution in [0.1, 0.15) is 23.0 Å². The van der Waals surface area contributed by atoms with Gasteiger partial charge in [0.25, 0.3) is 5.91 Å². The highest BCUT2D eigenvalue weighted by atomic mass is 32.2. The lowest BCUT2D eigenvalue weighted by Crippen LogP contribution is -2.15. The second kappa shape index (κ2) is 8.26. The van der Waals surface area contributed by atoms with E-state index in [1.165, 1.54) is 11.3 Å². The zero-order valence-corrected chi connectivity index (χ0v) is 17.9. The van der Waals surface area contributed by atoms with Gasteiger partial charge in [-0.2, -0.15) is 9.78 Å². The van der Waals surface area contributed by atoms with Crippen LogP contribution in [0.5, 0.6) is 5.75 Å². The zero-order valence-electron chi connectivity index (χ0n) is 16.3. The van der Waals surface area contributed by atoms with Crippen molar-refractivity contribution >= 4 is 45.0 Å². The molecule has 29 heavy (non-hydrogen) atoms. The van der Waals surface area contributed by atoms with Crippen LogP contribution in [-0.4, -0.2) is 33.5 Å². The predicted octanol–water partition coefficient (Wildman–Crippen LogP) is 5.16. The lowest BCUT2D eigenvalue weighted by Gasteiger charge is -2.07. The number of aryl methyl sites for hydroxylation is 1. The van der Waals surface area contributed by atoms with E-state index in [9.17, 15) is 4.79 Å². The van der Waals surface area contributed by atoms with E-state index in [2.05, 4.69) is 22.3 Å². The molecule has 0 saturated heterocycles.